The summed E-state index contributed by atoms with van der Waals surface area (Å²) < 4.78 is 10.6. The van der Waals surface area contributed by atoms with Gasteiger partial charge in [-0.1, -0.05) is 12.1 Å². The molecule has 1 aliphatic rings. The normalized spacial score (nSPS) is 17.4. The first-order chi connectivity index (χ1) is 9.40. The molecule has 1 unspecified atom stereocenters. The van der Waals surface area contributed by atoms with Crippen LogP contribution < -0.4 is 10.1 Å². The van der Waals surface area contributed by atoms with E-state index in [0.717, 1.165) is 0 Å². The highest BCUT2D eigenvalue weighted by atomic mass is 16.6. The Morgan fingerprint density at radius 1 is 1.45 bits per heavy atom. The average Bonchev–Trinajstić information content (AvgIpc) is 3.20. The molecular weight excluding hydrogens is 262 g/mol. The van der Waals surface area contributed by atoms with Crippen LogP contribution in [0.15, 0.2) is 24.3 Å². The number of hydrogen-bond donors (Lipinski definition) is 2. The molecule has 2 N–H and O–H groups in total. The Kier molecular flexibility index (Phi) is 3.94. The lowest BCUT2D eigenvalue weighted by Crippen LogP contribution is -2.49. The molecule has 0 spiro atoms. The van der Waals surface area contributed by atoms with E-state index in [2.05, 4.69) is 5.32 Å². The van der Waals surface area contributed by atoms with Crippen molar-refractivity contribution >= 4 is 11.9 Å². The molecule has 0 aliphatic carbocycles. The van der Waals surface area contributed by atoms with E-state index in [-0.39, 0.29) is 6.10 Å². The molecule has 2 rings (SSSR count). The number of para-hydroxylation sites is 1. The van der Waals surface area contributed by atoms with Gasteiger partial charge >= 0.3 is 5.97 Å². The van der Waals surface area contributed by atoms with Crippen LogP contribution in [-0.4, -0.2) is 41.8 Å². The highest BCUT2D eigenvalue weighted by Gasteiger charge is 2.30. The summed E-state index contributed by atoms with van der Waals surface area (Å²) >= 11 is 0. The van der Waals surface area contributed by atoms with E-state index < -0.39 is 17.4 Å². The number of hydrogen-bond acceptors (Lipinski definition) is 4. The van der Waals surface area contributed by atoms with E-state index in [9.17, 15) is 9.59 Å². The quantitative estimate of drug-likeness (QED) is 0.760. The van der Waals surface area contributed by atoms with Crippen molar-refractivity contribution in [1.29, 1.82) is 0 Å². The molecule has 1 atom stereocenters. The zero-order valence-electron chi connectivity index (χ0n) is 11.4. The van der Waals surface area contributed by atoms with Gasteiger partial charge in [0.2, 0.25) is 0 Å². The Balaban J connectivity index is 2.10. The molecule has 0 aromatic heterocycles. The minimum atomic E-state index is -1.34. The number of benzene rings is 1. The van der Waals surface area contributed by atoms with E-state index >= 15 is 0 Å². The van der Waals surface area contributed by atoms with Crippen LogP contribution in [0.25, 0.3) is 0 Å². The number of carboxylic acids is 1. The fourth-order valence-corrected chi connectivity index (χ4v) is 1.53. The maximum Gasteiger partial charge on any atom is 0.328 e. The predicted molar refractivity (Wildman–Crippen MR) is 70.9 cm³/mol. The van der Waals surface area contributed by atoms with E-state index in [1.807, 2.05) is 0 Å². The second-order valence-corrected chi connectivity index (χ2v) is 5.15. The molecule has 6 nitrogen and oxygen atoms in total. The fourth-order valence-electron chi connectivity index (χ4n) is 1.53. The molecule has 0 radical (unpaired) electrons. The molecule has 0 bridgehead atoms. The lowest BCUT2D eigenvalue weighted by Gasteiger charge is -2.21. The van der Waals surface area contributed by atoms with Gasteiger partial charge in [0.25, 0.3) is 5.91 Å². The number of aliphatic carboxylic acids is 1. The molecule has 1 aromatic rings. The number of ether oxygens (including phenoxy) is 2. The van der Waals surface area contributed by atoms with Gasteiger partial charge in [0.05, 0.1) is 12.2 Å². The Labute approximate surface area is 116 Å². The first-order valence-electron chi connectivity index (χ1n) is 6.29. The second-order valence-electron chi connectivity index (χ2n) is 5.15. The molecule has 20 heavy (non-hydrogen) atoms. The first kappa shape index (κ1) is 14.3. The maximum absolute atomic E-state index is 12.2. The molecule has 1 fully saturated rings. The third kappa shape index (κ3) is 3.48. The molecule has 1 saturated heterocycles. The summed E-state index contributed by atoms with van der Waals surface area (Å²) in [6.07, 6.45) is 0.0848. The van der Waals surface area contributed by atoms with Gasteiger partial charge in [-0.25, -0.2) is 4.79 Å². The van der Waals surface area contributed by atoms with Crippen molar-refractivity contribution in [2.24, 2.45) is 0 Å². The number of nitrogens with one attached hydrogen (secondary N) is 1. The standard InChI is InChI=1S/C14H17NO5/c1-14(2,13(17)18)15-12(16)10-5-3-4-6-11(10)20-8-9-7-19-9/h3-6,9H,7-8H2,1-2H3,(H,15,16)(H,17,18). The predicted octanol–water partition coefficient (Wildman–Crippen LogP) is 1.06. The number of carbonyl (C=O) groups excluding carboxylic acids is 1. The molecule has 1 aliphatic heterocycles. The van der Waals surface area contributed by atoms with Crippen LogP contribution in [0.5, 0.6) is 5.75 Å². The maximum atomic E-state index is 12.2. The highest BCUT2D eigenvalue weighted by molar-refractivity contribution is 5.99. The van der Waals surface area contributed by atoms with Crippen LogP contribution in [0.1, 0.15) is 24.2 Å². The van der Waals surface area contributed by atoms with Gasteiger partial charge in [-0.2, -0.15) is 0 Å². The number of amides is 1. The van der Waals surface area contributed by atoms with Gasteiger partial charge in [0, 0.05) is 0 Å². The van der Waals surface area contributed by atoms with Crippen LogP contribution >= 0.6 is 0 Å². The largest absolute Gasteiger partial charge is 0.490 e. The molecule has 1 heterocycles. The Bertz CT molecular complexity index is 522. The van der Waals surface area contributed by atoms with Crippen LogP contribution in [-0.2, 0) is 9.53 Å². The van der Waals surface area contributed by atoms with Crippen LogP contribution in [0.2, 0.25) is 0 Å². The number of carbonyl (C=O) groups is 2. The lowest BCUT2D eigenvalue weighted by atomic mass is 10.0. The van der Waals surface area contributed by atoms with Gasteiger partial charge in [-0.15, -0.1) is 0 Å². The van der Waals surface area contributed by atoms with Gasteiger partial charge in [-0.3, -0.25) is 4.79 Å². The zero-order chi connectivity index (χ0) is 14.8. The van der Waals surface area contributed by atoms with Crippen molar-refractivity contribution < 1.29 is 24.2 Å². The topological polar surface area (TPSA) is 88.2 Å². The van der Waals surface area contributed by atoms with Gasteiger partial charge in [0.15, 0.2) is 0 Å². The minimum absolute atomic E-state index is 0.0848. The van der Waals surface area contributed by atoms with Crippen molar-refractivity contribution in [2.45, 2.75) is 25.5 Å². The summed E-state index contributed by atoms with van der Waals surface area (Å²) in [7, 11) is 0. The Morgan fingerprint density at radius 2 is 2.10 bits per heavy atom. The second kappa shape index (κ2) is 5.50. The summed E-state index contributed by atoms with van der Waals surface area (Å²) in [5.74, 6) is -1.16. The van der Waals surface area contributed by atoms with E-state index in [0.29, 0.717) is 24.5 Å². The van der Waals surface area contributed by atoms with Crippen LogP contribution in [0.4, 0.5) is 0 Å². The van der Waals surface area contributed by atoms with Crippen molar-refractivity contribution in [2.75, 3.05) is 13.2 Å². The van der Waals surface area contributed by atoms with Crippen molar-refractivity contribution in [3.05, 3.63) is 29.8 Å². The van der Waals surface area contributed by atoms with E-state index in [1.165, 1.54) is 13.8 Å². The summed E-state index contributed by atoms with van der Waals surface area (Å²) in [6.45, 7) is 3.90. The fraction of sp³-hybridized carbons (Fsp3) is 0.429. The number of epoxide rings is 1. The Morgan fingerprint density at radius 3 is 2.70 bits per heavy atom. The number of rotatable bonds is 6. The van der Waals surface area contributed by atoms with Crippen LogP contribution in [0, 0.1) is 0 Å². The van der Waals surface area contributed by atoms with Gasteiger partial charge in [0.1, 0.15) is 24.0 Å². The lowest BCUT2D eigenvalue weighted by molar-refractivity contribution is -0.143. The highest BCUT2D eigenvalue weighted by Crippen LogP contribution is 2.21. The van der Waals surface area contributed by atoms with Crippen molar-refractivity contribution in [3.63, 3.8) is 0 Å². The summed E-state index contributed by atoms with van der Waals surface area (Å²) in [6, 6.07) is 6.72. The molecule has 1 amide bonds. The summed E-state index contributed by atoms with van der Waals surface area (Å²) in [5.41, 5.74) is -1.04. The van der Waals surface area contributed by atoms with E-state index in [4.69, 9.17) is 14.6 Å². The van der Waals surface area contributed by atoms with Crippen LogP contribution in [0.3, 0.4) is 0 Å². The molecule has 6 heteroatoms. The van der Waals surface area contributed by atoms with Crippen molar-refractivity contribution in [3.8, 4) is 5.75 Å². The third-order valence-corrected chi connectivity index (χ3v) is 2.92. The molecule has 108 valence electrons. The first-order valence-corrected chi connectivity index (χ1v) is 6.29. The molecular formula is C14H17NO5. The van der Waals surface area contributed by atoms with Gasteiger partial charge in [-0.05, 0) is 26.0 Å². The molecule has 0 saturated carbocycles. The molecule has 1 aromatic carbocycles. The van der Waals surface area contributed by atoms with E-state index in [1.54, 1.807) is 24.3 Å². The van der Waals surface area contributed by atoms with Crippen molar-refractivity contribution in [1.82, 2.24) is 5.32 Å². The monoisotopic (exact) mass is 279 g/mol. The SMILES string of the molecule is CC(C)(NC(=O)c1ccccc1OCC1CO1)C(=O)O. The zero-order valence-corrected chi connectivity index (χ0v) is 11.4. The number of carboxylic acid groups (broad SMARTS) is 1. The summed E-state index contributed by atoms with van der Waals surface area (Å²) in [5, 5.41) is 11.5. The third-order valence-electron chi connectivity index (χ3n) is 2.92. The summed E-state index contributed by atoms with van der Waals surface area (Å²) in [4.78, 5) is 23.2. The Hall–Kier alpha value is -2.08. The smallest absolute Gasteiger partial charge is 0.328 e. The van der Waals surface area contributed by atoms with Gasteiger partial charge < -0.3 is 19.9 Å². The minimum Gasteiger partial charge on any atom is -0.490 e. The average molecular weight is 279 g/mol.